The minimum Gasteiger partial charge on any atom is -0.137 e. The van der Waals surface area contributed by atoms with Crippen molar-refractivity contribution >= 4 is 35.0 Å². The molecule has 0 aromatic carbocycles. The van der Waals surface area contributed by atoms with Crippen LogP contribution < -0.4 is 0 Å². The third-order valence-corrected chi connectivity index (χ3v) is 2.23. The lowest BCUT2D eigenvalue weighted by Gasteiger charge is -1.96. The van der Waals surface area contributed by atoms with Crippen LogP contribution in [0, 0.1) is 0 Å². The summed E-state index contributed by atoms with van der Waals surface area (Å²) in [5, 5.41) is 7.94. The van der Waals surface area contributed by atoms with Gasteiger partial charge in [-0.2, -0.15) is 0 Å². The van der Waals surface area contributed by atoms with E-state index >= 15 is 0 Å². The molecule has 2 nitrogen and oxygen atoms in total. The fourth-order valence-corrected chi connectivity index (χ4v) is 1.45. The summed E-state index contributed by atoms with van der Waals surface area (Å²) in [6.07, 6.45) is 1.90. The van der Waals surface area contributed by atoms with E-state index in [-0.39, 0.29) is 0 Å². The van der Waals surface area contributed by atoms with Gasteiger partial charge in [0.05, 0.1) is 0 Å². The number of hydrogen-bond acceptors (Lipinski definition) is 3. The summed E-state index contributed by atoms with van der Waals surface area (Å²) in [4.78, 5) is 0.849. The fraction of sp³-hybridized carbons (Fsp3) is 0.200. The van der Waals surface area contributed by atoms with E-state index in [1.807, 2.05) is 6.26 Å². The van der Waals surface area contributed by atoms with E-state index in [4.69, 9.17) is 23.2 Å². The van der Waals surface area contributed by atoms with E-state index in [9.17, 15) is 0 Å². The van der Waals surface area contributed by atoms with Crippen LogP contribution in [0.4, 0.5) is 0 Å². The molecule has 0 aliphatic heterocycles. The van der Waals surface area contributed by atoms with Crippen molar-refractivity contribution in [3.8, 4) is 0 Å². The van der Waals surface area contributed by atoms with E-state index in [1.165, 1.54) is 11.8 Å². The van der Waals surface area contributed by atoms with Gasteiger partial charge in [0.15, 0.2) is 10.3 Å². The summed E-state index contributed by atoms with van der Waals surface area (Å²) in [6, 6.07) is 1.68. The van der Waals surface area contributed by atoms with Crippen LogP contribution in [0.3, 0.4) is 0 Å². The number of rotatable bonds is 1. The Bertz CT molecular complexity index is 241. The van der Waals surface area contributed by atoms with Gasteiger partial charge in [0.2, 0.25) is 0 Å². The lowest BCUT2D eigenvalue weighted by molar-refractivity contribution is 0.999. The van der Waals surface area contributed by atoms with Gasteiger partial charge in [-0.3, -0.25) is 0 Å². The van der Waals surface area contributed by atoms with Crippen molar-refractivity contribution in [2.75, 3.05) is 6.26 Å². The van der Waals surface area contributed by atoms with Crippen molar-refractivity contribution in [3.05, 3.63) is 16.4 Å². The second-order valence-corrected chi connectivity index (χ2v) is 3.12. The predicted molar refractivity (Wildman–Crippen MR) is 43.8 cm³/mol. The summed E-state index contributed by atoms with van der Waals surface area (Å²) in [6.45, 7) is 0. The molecule has 0 radical (unpaired) electrons. The summed E-state index contributed by atoms with van der Waals surface area (Å²) < 4.78 is 0. The van der Waals surface area contributed by atoms with Crippen molar-refractivity contribution < 1.29 is 0 Å². The maximum absolute atomic E-state index is 5.64. The first kappa shape index (κ1) is 8.11. The summed E-state index contributed by atoms with van der Waals surface area (Å²) in [5.41, 5.74) is 0. The zero-order valence-corrected chi connectivity index (χ0v) is 7.46. The Morgan fingerprint density at radius 2 is 2.10 bits per heavy atom. The normalized spacial score (nSPS) is 9.90. The number of aromatic nitrogens is 2. The van der Waals surface area contributed by atoms with Gasteiger partial charge in [-0.05, 0) is 12.3 Å². The lowest BCUT2D eigenvalue weighted by atomic mass is 10.6. The molecule has 0 aliphatic carbocycles. The minimum absolute atomic E-state index is 0.369. The number of hydrogen-bond donors (Lipinski definition) is 0. The van der Waals surface area contributed by atoms with Gasteiger partial charge < -0.3 is 0 Å². The average molecular weight is 195 g/mol. The molecule has 1 aromatic rings. The van der Waals surface area contributed by atoms with Gasteiger partial charge >= 0.3 is 0 Å². The molecule has 1 rings (SSSR count). The first-order chi connectivity index (χ1) is 4.74. The van der Waals surface area contributed by atoms with Crippen molar-refractivity contribution in [2.45, 2.75) is 4.90 Å². The molecule has 0 spiro atoms. The Kier molecular flexibility index (Phi) is 2.77. The Labute approximate surface area is 72.9 Å². The quantitative estimate of drug-likeness (QED) is 0.644. The van der Waals surface area contributed by atoms with Crippen LogP contribution in [0.5, 0.6) is 0 Å². The van der Waals surface area contributed by atoms with Crippen LogP contribution in [0.15, 0.2) is 11.0 Å². The van der Waals surface area contributed by atoms with Gasteiger partial charge in [-0.1, -0.05) is 23.2 Å². The van der Waals surface area contributed by atoms with Gasteiger partial charge in [-0.15, -0.1) is 22.0 Å². The Balaban J connectivity index is 3.09. The highest BCUT2D eigenvalue weighted by Gasteiger charge is 2.00. The number of thioether (sulfide) groups is 1. The molecule has 0 unspecified atom stereocenters. The van der Waals surface area contributed by atoms with E-state index in [0.29, 0.717) is 10.3 Å². The van der Waals surface area contributed by atoms with Crippen LogP contribution >= 0.6 is 35.0 Å². The molecule has 0 atom stereocenters. The van der Waals surface area contributed by atoms with Crippen LogP contribution in [-0.2, 0) is 0 Å². The van der Waals surface area contributed by atoms with Gasteiger partial charge in [0.25, 0.3) is 0 Å². The van der Waals surface area contributed by atoms with Crippen molar-refractivity contribution in [1.82, 2.24) is 10.2 Å². The van der Waals surface area contributed by atoms with Crippen LogP contribution in [-0.4, -0.2) is 16.5 Å². The smallest absolute Gasteiger partial charge is 0.137 e. The van der Waals surface area contributed by atoms with Crippen LogP contribution in [0.1, 0.15) is 0 Å². The lowest BCUT2D eigenvalue weighted by Crippen LogP contribution is -1.84. The summed E-state index contributed by atoms with van der Waals surface area (Å²) >= 11 is 12.7. The second-order valence-electron chi connectivity index (χ2n) is 1.53. The van der Waals surface area contributed by atoms with Crippen LogP contribution in [0.25, 0.3) is 0 Å². The molecule has 0 N–H and O–H groups in total. The largest absolute Gasteiger partial charge is 0.165 e. The zero-order valence-electron chi connectivity index (χ0n) is 5.14. The number of nitrogens with zero attached hydrogens (tertiary/aromatic N) is 2. The van der Waals surface area contributed by atoms with E-state index in [0.717, 1.165) is 4.90 Å². The number of halogens is 2. The van der Waals surface area contributed by atoms with E-state index in [1.54, 1.807) is 6.07 Å². The van der Waals surface area contributed by atoms with Gasteiger partial charge in [-0.25, -0.2) is 0 Å². The molecule has 5 heteroatoms. The monoisotopic (exact) mass is 194 g/mol. The molecule has 0 amide bonds. The van der Waals surface area contributed by atoms with E-state index < -0.39 is 0 Å². The third kappa shape index (κ3) is 1.75. The summed E-state index contributed by atoms with van der Waals surface area (Å²) in [7, 11) is 0. The van der Waals surface area contributed by atoms with Crippen molar-refractivity contribution in [3.63, 3.8) is 0 Å². The molecule has 54 valence electrons. The van der Waals surface area contributed by atoms with Gasteiger partial charge in [0, 0.05) is 4.90 Å². The molecule has 0 aliphatic rings. The molecule has 0 saturated heterocycles. The maximum atomic E-state index is 5.64. The molecular weight excluding hydrogens is 191 g/mol. The first-order valence-corrected chi connectivity index (χ1v) is 4.45. The molecule has 1 heterocycles. The Morgan fingerprint density at radius 1 is 1.40 bits per heavy atom. The predicted octanol–water partition coefficient (Wildman–Crippen LogP) is 2.51. The summed E-state index contributed by atoms with van der Waals surface area (Å²) in [5.74, 6) is 0. The second kappa shape index (κ2) is 3.42. The fourth-order valence-electron chi connectivity index (χ4n) is 0.481. The highest BCUT2D eigenvalue weighted by Crippen LogP contribution is 2.23. The molecule has 0 fully saturated rings. The minimum atomic E-state index is 0.369. The highest BCUT2D eigenvalue weighted by atomic mass is 35.5. The Morgan fingerprint density at radius 3 is 2.60 bits per heavy atom. The van der Waals surface area contributed by atoms with Crippen molar-refractivity contribution in [2.24, 2.45) is 0 Å². The van der Waals surface area contributed by atoms with Crippen LogP contribution in [0.2, 0.25) is 10.3 Å². The van der Waals surface area contributed by atoms with E-state index in [2.05, 4.69) is 10.2 Å². The van der Waals surface area contributed by atoms with Crippen molar-refractivity contribution in [1.29, 1.82) is 0 Å². The molecular formula is C5H4Cl2N2S. The molecule has 0 saturated carbocycles. The third-order valence-electron chi connectivity index (χ3n) is 0.907. The van der Waals surface area contributed by atoms with Gasteiger partial charge in [0.1, 0.15) is 0 Å². The molecule has 0 bridgehead atoms. The molecule has 1 aromatic heterocycles. The highest BCUT2D eigenvalue weighted by molar-refractivity contribution is 7.98. The topological polar surface area (TPSA) is 25.8 Å². The molecule has 10 heavy (non-hydrogen) atoms. The average Bonchev–Trinajstić information content (AvgIpc) is 1.94. The SMILES string of the molecule is CSc1cc(Cl)nnc1Cl. The zero-order chi connectivity index (χ0) is 7.56. The first-order valence-electron chi connectivity index (χ1n) is 2.46. The Hall–Kier alpha value is 0.01000. The maximum Gasteiger partial charge on any atom is 0.165 e. The standard InChI is InChI=1S/C5H4Cl2N2S/c1-10-3-2-4(6)8-9-5(3)7/h2H,1H3.